The summed E-state index contributed by atoms with van der Waals surface area (Å²) in [4.78, 5) is 7.73. The first kappa shape index (κ1) is 14.6. The van der Waals surface area contributed by atoms with Crippen LogP contribution in [0.5, 0.6) is 17.2 Å². The van der Waals surface area contributed by atoms with Crippen molar-refractivity contribution in [1.82, 2.24) is 9.97 Å². The Morgan fingerprint density at radius 1 is 1.00 bits per heavy atom. The Balaban J connectivity index is 1.72. The van der Waals surface area contributed by atoms with Crippen molar-refractivity contribution in [3.8, 4) is 17.2 Å². The number of aryl methyl sites for hydroxylation is 1. The van der Waals surface area contributed by atoms with E-state index in [2.05, 4.69) is 16.0 Å². The Hall–Kier alpha value is -3.01. The van der Waals surface area contributed by atoms with Crippen molar-refractivity contribution in [3.05, 3.63) is 60.4 Å². The third-order valence-electron chi connectivity index (χ3n) is 3.94. The molecule has 2 aromatic carbocycles. The largest absolute Gasteiger partial charge is 0.494 e. The first-order valence-electron chi connectivity index (χ1n) is 8.02. The Kier molecular flexibility index (Phi) is 3.58. The lowest BCUT2D eigenvalue weighted by molar-refractivity contribution is 0.340. The average Bonchev–Trinajstić information content (AvgIpc) is 2.94. The van der Waals surface area contributed by atoms with Crippen molar-refractivity contribution in [1.29, 1.82) is 0 Å². The van der Waals surface area contributed by atoms with Crippen LogP contribution in [0.25, 0.3) is 21.8 Å². The van der Waals surface area contributed by atoms with Crippen molar-refractivity contribution in [2.24, 2.45) is 0 Å². The second kappa shape index (κ2) is 5.89. The van der Waals surface area contributed by atoms with E-state index in [9.17, 15) is 0 Å². The Morgan fingerprint density at radius 3 is 2.75 bits per heavy atom. The first-order valence-corrected chi connectivity index (χ1v) is 8.02. The van der Waals surface area contributed by atoms with Crippen molar-refractivity contribution < 1.29 is 9.47 Å². The highest BCUT2D eigenvalue weighted by molar-refractivity contribution is 5.87. The van der Waals surface area contributed by atoms with Gasteiger partial charge in [-0.2, -0.15) is 0 Å². The minimum Gasteiger partial charge on any atom is -0.494 e. The summed E-state index contributed by atoms with van der Waals surface area (Å²) >= 11 is 0. The van der Waals surface area contributed by atoms with Crippen LogP contribution in [-0.4, -0.2) is 16.6 Å². The highest BCUT2D eigenvalue weighted by Gasteiger charge is 2.07. The molecule has 4 aromatic rings. The van der Waals surface area contributed by atoms with Crippen LogP contribution in [-0.2, 0) is 0 Å². The molecule has 0 saturated carbocycles. The highest BCUT2D eigenvalue weighted by Crippen LogP contribution is 2.32. The maximum Gasteiger partial charge on any atom is 0.138 e. The number of pyridine rings is 1. The van der Waals surface area contributed by atoms with Gasteiger partial charge in [-0.15, -0.1) is 0 Å². The summed E-state index contributed by atoms with van der Waals surface area (Å²) < 4.78 is 11.7. The molecule has 4 rings (SSSR count). The molecule has 0 amide bonds. The zero-order valence-corrected chi connectivity index (χ0v) is 13.7. The monoisotopic (exact) mass is 318 g/mol. The average molecular weight is 318 g/mol. The topological polar surface area (TPSA) is 47.1 Å². The van der Waals surface area contributed by atoms with Crippen molar-refractivity contribution >= 4 is 21.8 Å². The number of H-pyrrole nitrogens is 1. The third kappa shape index (κ3) is 2.67. The SMILES string of the molecule is CCOc1ccc2c(Oc3ccc4[nH]c(C)cc4c3)ccnc2c1. The van der Waals surface area contributed by atoms with E-state index in [-0.39, 0.29) is 0 Å². The number of nitrogens with zero attached hydrogens (tertiary/aromatic N) is 1. The van der Waals surface area contributed by atoms with Gasteiger partial charge in [-0.05, 0) is 56.3 Å². The van der Waals surface area contributed by atoms with Crippen LogP contribution in [0.1, 0.15) is 12.6 Å². The summed E-state index contributed by atoms with van der Waals surface area (Å²) in [5.41, 5.74) is 3.11. The van der Waals surface area contributed by atoms with E-state index in [1.807, 2.05) is 56.3 Å². The van der Waals surface area contributed by atoms with E-state index in [0.717, 1.165) is 44.7 Å². The van der Waals surface area contributed by atoms with Crippen molar-refractivity contribution in [2.45, 2.75) is 13.8 Å². The molecule has 0 unspecified atom stereocenters. The van der Waals surface area contributed by atoms with Gasteiger partial charge in [-0.25, -0.2) is 0 Å². The summed E-state index contributed by atoms with van der Waals surface area (Å²) in [5, 5.41) is 2.10. The zero-order chi connectivity index (χ0) is 16.5. The summed E-state index contributed by atoms with van der Waals surface area (Å²) in [7, 11) is 0. The Morgan fingerprint density at radius 2 is 1.88 bits per heavy atom. The Labute approximate surface area is 140 Å². The Bertz CT molecular complexity index is 1020. The van der Waals surface area contributed by atoms with Gasteiger partial charge in [-0.1, -0.05) is 0 Å². The molecule has 1 N–H and O–H groups in total. The number of fused-ring (bicyclic) bond motifs is 2. The van der Waals surface area contributed by atoms with E-state index in [1.165, 1.54) is 0 Å². The molecule has 0 aliphatic heterocycles. The fourth-order valence-corrected chi connectivity index (χ4v) is 2.89. The molecule has 120 valence electrons. The van der Waals surface area contributed by atoms with Crippen molar-refractivity contribution in [3.63, 3.8) is 0 Å². The number of rotatable bonds is 4. The van der Waals surface area contributed by atoms with Gasteiger partial charge in [0.25, 0.3) is 0 Å². The van der Waals surface area contributed by atoms with Gasteiger partial charge >= 0.3 is 0 Å². The van der Waals surface area contributed by atoms with E-state index in [4.69, 9.17) is 9.47 Å². The molecule has 0 bridgehead atoms. The molecular formula is C20H18N2O2. The molecule has 2 heterocycles. The molecule has 0 radical (unpaired) electrons. The lowest BCUT2D eigenvalue weighted by atomic mass is 10.2. The van der Waals surface area contributed by atoms with Crippen molar-refractivity contribution in [2.75, 3.05) is 6.61 Å². The lowest BCUT2D eigenvalue weighted by Gasteiger charge is -2.10. The number of aromatic amines is 1. The fraction of sp³-hybridized carbons (Fsp3) is 0.150. The molecule has 0 saturated heterocycles. The van der Waals surface area contributed by atoms with Gasteiger partial charge < -0.3 is 14.5 Å². The number of hydrogen-bond donors (Lipinski definition) is 1. The van der Waals surface area contributed by atoms with Gasteiger partial charge in [0, 0.05) is 34.2 Å². The molecular weight excluding hydrogens is 300 g/mol. The van der Waals surface area contributed by atoms with Crippen LogP contribution in [0.3, 0.4) is 0 Å². The molecule has 0 fully saturated rings. The van der Waals surface area contributed by atoms with E-state index < -0.39 is 0 Å². The second-order valence-electron chi connectivity index (χ2n) is 5.72. The van der Waals surface area contributed by atoms with Gasteiger partial charge in [0.2, 0.25) is 0 Å². The van der Waals surface area contributed by atoms with Gasteiger partial charge in [0.15, 0.2) is 0 Å². The third-order valence-corrected chi connectivity index (χ3v) is 3.94. The molecule has 0 spiro atoms. The molecule has 0 aliphatic carbocycles. The highest BCUT2D eigenvalue weighted by atomic mass is 16.5. The number of hydrogen-bond acceptors (Lipinski definition) is 3. The van der Waals surface area contributed by atoms with Gasteiger partial charge in [0.05, 0.1) is 12.1 Å². The fourth-order valence-electron chi connectivity index (χ4n) is 2.89. The standard InChI is InChI=1S/C20H18N2O2/c1-3-23-15-4-6-17-19(12-15)21-9-8-20(17)24-16-5-7-18-14(11-16)10-13(2)22-18/h4-12,22H,3H2,1-2H3. The molecule has 4 nitrogen and oxygen atoms in total. The maximum absolute atomic E-state index is 6.11. The van der Waals surface area contributed by atoms with Crippen LogP contribution in [0.15, 0.2) is 54.7 Å². The first-order chi connectivity index (χ1) is 11.7. The minimum atomic E-state index is 0.637. The molecule has 0 atom stereocenters. The zero-order valence-electron chi connectivity index (χ0n) is 13.7. The van der Waals surface area contributed by atoms with E-state index >= 15 is 0 Å². The number of aromatic nitrogens is 2. The van der Waals surface area contributed by atoms with Gasteiger partial charge in [0.1, 0.15) is 17.2 Å². The molecule has 2 aromatic heterocycles. The van der Waals surface area contributed by atoms with E-state index in [1.54, 1.807) is 6.20 Å². The molecule has 4 heteroatoms. The van der Waals surface area contributed by atoms with Crippen LogP contribution < -0.4 is 9.47 Å². The summed E-state index contributed by atoms with van der Waals surface area (Å²) in [5.74, 6) is 2.41. The number of ether oxygens (including phenoxy) is 2. The number of benzene rings is 2. The quantitative estimate of drug-likeness (QED) is 0.561. The maximum atomic E-state index is 6.11. The predicted octanol–water partition coefficient (Wildman–Crippen LogP) is 5.22. The number of nitrogens with one attached hydrogen (secondary N) is 1. The summed E-state index contributed by atoms with van der Waals surface area (Å²) in [6, 6.07) is 15.9. The lowest BCUT2D eigenvalue weighted by Crippen LogP contribution is -1.92. The summed E-state index contributed by atoms with van der Waals surface area (Å²) in [6.07, 6.45) is 1.76. The minimum absolute atomic E-state index is 0.637. The predicted molar refractivity (Wildman–Crippen MR) is 96.0 cm³/mol. The van der Waals surface area contributed by atoms with Crippen LogP contribution in [0.2, 0.25) is 0 Å². The smallest absolute Gasteiger partial charge is 0.138 e. The van der Waals surface area contributed by atoms with Crippen LogP contribution >= 0.6 is 0 Å². The van der Waals surface area contributed by atoms with Crippen LogP contribution in [0, 0.1) is 6.92 Å². The van der Waals surface area contributed by atoms with Gasteiger partial charge in [-0.3, -0.25) is 4.98 Å². The molecule has 0 aliphatic rings. The summed E-state index contributed by atoms with van der Waals surface area (Å²) in [6.45, 7) is 4.65. The van der Waals surface area contributed by atoms with E-state index in [0.29, 0.717) is 6.61 Å². The van der Waals surface area contributed by atoms with Crippen LogP contribution in [0.4, 0.5) is 0 Å². The second-order valence-corrected chi connectivity index (χ2v) is 5.72. The normalized spacial score (nSPS) is 11.1. The molecule has 24 heavy (non-hydrogen) atoms.